The molecule has 1 saturated carbocycles. The van der Waals surface area contributed by atoms with E-state index in [1.165, 1.54) is 27.3 Å². The molecule has 4 rings (SSSR count). The highest BCUT2D eigenvalue weighted by Crippen LogP contribution is 2.41. The van der Waals surface area contributed by atoms with Crippen molar-refractivity contribution < 1.29 is 40.6 Å². The van der Waals surface area contributed by atoms with E-state index in [0.29, 0.717) is 29.1 Å². The molecule has 3 aromatic heterocycles. The molecule has 0 aromatic carbocycles. The van der Waals surface area contributed by atoms with Gasteiger partial charge in [0, 0.05) is 24.5 Å². The predicted molar refractivity (Wildman–Crippen MR) is 131 cm³/mol. The molecule has 1 fully saturated rings. The van der Waals surface area contributed by atoms with Gasteiger partial charge >= 0.3 is 18.4 Å². The van der Waals surface area contributed by atoms with E-state index in [1.54, 1.807) is 22.8 Å². The average Bonchev–Trinajstić information content (AvgIpc) is 3.62. The van der Waals surface area contributed by atoms with Crippen LogP contribution in [0.4, 0.5) is 31.1 Å². The van der Waals surface area contributed by atoms with Gasteiger partial charge in [-0.1, -0.05) is 12.8 Å². The second-order valence-corrected chi connectivity index (χ2v) is 9.51. The van der Waals surface area contributed by atoms with Crippen LogP contribution in [0.15, 0.2) is 24.7 Å². The minimum absolute atomic E-state index is 0.0736. The van der Waals surface area contributed by atoms with Crippen molar-refractivity contribution in [2.75, 3.05) is 20.8 Å². The molecule has 0 aliphatic heterocycles. The first kappa shape index (κ1) is 29.2. The SMILES string of the molecule is CCN(C(=O)N[C@@H](CC1CC1)C(F)(F)F)[C@@H](c1cc(-c2cn3cc(C)nc3c(OC)n2)c(OC)cn1)C(F)(F)F. The van der Waals surface area contributed by atoms with Gasteiger partial charge in [-0.05, 0) is 32.3 Å². The molecule has 0 saturated heterocycles. The van der Waals surface area contributed by atoms with Crippen molar-refractivity contribution in [1.82, 2.24) is 29.6 Å². The van der Waals surface area contributed by atoms with E-state index in [9.17, 15) is 31.1 Å². The van der Waals surface area contributed by atoms with Crippen molar-refractivity contribution >= 4 is 11.7 Å². The van der Waals surface area contributed by atoms with Crippen LogP contribution in [0.5, 0.6) is 11.6 Å². The highest BCUT2D eigenvalue weighted by atomic mass is 19.4. The Balaban J connectivity index is 1.76. The molecule has 2 atom stereocenters. The van der Waals surface area contributed by atoms with Gasteiger partial charge in [-0.25, -0.2) is 14.8 Å². The van der Waals surface area contributed by atoms with Crippen LogP contribution in [0, 0.1) is 12.8 Å². The zero-order chi connectivity index (χ0) is 29.4. The number of aromatic nitrogens is 4. The third-order valence-electron chi connectivity index (χ3n) is 6.57. The van der Waals surface area contributed by atoms with E-state index >= 15 is 0 Å². The molecule has 1 N–H and O–H groups in total. The third kappa shape index (κ3) is 6.17. The van der Waals surface area contributed by atoms with Gasteiger partial charge in [-0.3, -0.25) is 4.98 Å². The molecular formula is C25H28F6N6O3. The summed E-state index contributed by atoms with van der Waals surface area (Å²) in [5.74, 6) is -0.0568. The van der Waals surface area contributed by atoms with Crippen LogP contribution in [0.25, 0.3) is 16.9 Å². The summed E-state index contributed by atoms with van der Waals surface area (Å²) < 4.78 is 96.4. The minimum atomic E-state index is -5.08. The molecule has 9 nitrogen and oxygen atoms in total. The first-order valence-corrected chi connectivity index (χ1v) is 12.4. The van der Waals surface area contributed by atoms with E-state index in [0.717, 1.165) is 12.3 Å². The molecule has 2 amide bonds. The summed E-state index contributed by atoms with van der Waals surface area (Å²) >= 11 is 0. The summed E-state index contributed by atoms with van der Waals surface area (Å²) in [7, 11) is 2.65. The lowest BCUT2D eigenvalue weighted by molar-refractivity contribution is -0.180. The molecule has 0 spiro atoms. The molecule has 218 valence electrons. The maximum absolute atomic E-state index is 14.5. The number of rotatable bonds is 9. The Morgan fingerprint density at radius 2 is 1.82 bits per heavy atom. The number of carbonyl (C=O) groups excluding carboxylic acids is 1. The Hall–Kier alpha value is -3.78. The first-order chi connectivity index (χ1) is 18.8. The molecule has 40 heavy (non-hydrogen) atoms. The van der Waals surface area contributed by atoms with Gasteiger partial charge in [0.25, 0.3) is 5.88 Å². The van der Waals surface area contributed by atoms with Gasteiger partial charge in [0.05, 0.1) is 37.5 Å². The summed E-state index contributed by atoms with van der Waals surface area (Å²) in [6, 6.07) is -5.37. The number of pyridine rings is 1. The van der Waals surface area contributed by atoms with E-state index in [2.05, 4.69) is 15.0 Å². The summed E-state index contributed by atoms with van der Waals surface area (Å²) in [5, 5.41) is 1.78. The number of halogens is 6. The zero-order valence-electron chi connectivity index (χ0n) is 22.1. The number of imidazole rings is 1. The molecular weight excluding hydrogens is 546 g/mol. The van der Waals surface area contributed by atoms with Gasteiger partial charge in [0.15, 0.2) is 6.04 Å². The van der Waals surface area contributed by atoms with E-state index < -0.39 is 49.1 Å². The van der Waals surface area contributed by atoms with Gasteiger partial charge < -0.3 is 24.1 Å². The molecule has 15 heteroatoms. The minimum Gasteiger partial charge on any atom is -0.494 e. The third-order valence-corrected chi connectivity index (χ3v) is 6.57. The molecule has 1 aliphatic carbocycles. The summed E-state index contributed by atoms with van der Waals surface area (Å²) in [5.41, 5.74) is 0.627. The van der Waals surface area contributed by atoms with Crippen molar-refractivity contribution in [3.05, 3.63) is 36.0 Å². The maximum Gasteiger partial charge on any atom is 0.414 e. The lowest BCUT2D eigenvalue weighted by Crippen LogP contribution is -2.53. The fraction of sp³-hybridized carbons (Fsp3) is 0.520. The number of methoxy groups -OCH3 is 2. The van der Waals surface area contributed by atoms with Gasteiger partial charge in [-0.2, -0.15) is 26.3 Å². The summed E-state index contributed by atoms with van der Waals surface area (Å²) in [6.45, 7) is 2.44. The number of hydrogen-bond acceptors (Lipinski definition) is 6. The number of hydrogen-bond donors (Lipinski definition) is 1. The van der Waals surface area contributed by atoms with Crippen molar-refractivity contribution in [3.63, 3.8) is 0 Å². The topological polar surface area (TPSA) is 93.9 Å². The van der Waals surface area contributed by atoms with Crippen LogP contribution in [0.1, 0.15) is 43.6 Å². The molecule has 0 bridgehead atoms. The second kappa shape index (κ2) is 11.0. The highest BCUT2D eigenvalue weighted by molar-refractivity contribution is 5.76. The number of alkyl halides is 6. The number of fused-ring (bicyclic) bond motifs is 1. The standard InChI is InChI=1S/C25H28F6N6O3/c1-5-37(23(38)35-19(24(26,27)28)8-14-6-7-14)20(25(29,30)31)16-9-15(18(39-3)10-32-16)17-12-36-11-13(2)33-21(36)22(34-17)40-4/h9-12,14,19-20H,5-8H2,1-4H3,(H,35,38)/t19-,20-/m0/s1. The van der Waals surface area contributed by atoms with Crippen LogP contribution < -0.4 is 14.8 Å². The van der Waals surface area contributed by atoms with E-state index in [1.807, 2.05) is 0 Å². The van der Waals surface area contributed by atoms with Crippen molar-refractivity contribution in [3.8, 4) is 22.9 Å². The monoisotopic (exact) mass is 574 g/mol. The zero-order valence-corrected chi connectivity index (χ0v) is 22.1. The maximum atomic E-state index is 14.5. The van der Waals surface area contributed by atoms with E-state index in [4.69, 9.17) is 9.47 Å². The van der Waals surface area contributed by atoms with Crippen LogP contribution in [-0.2, 0) is 0 Å². The van der Waals surface area contributed by atoms with Crippen LogP contribution in [0.3, 0.4) is 0 Å². The normalized spacial score (nSPS) is 15.6. The van der Waals surface area contributed by atoms with Crippen LogP contribution in [0.2, 0.25) is 0 Å². The number of aryl methyl sites for hydroxylation is 1. The Bertz CT molecular complexity index is 1370. The Kier molecular flexibility index (Phi) is 8.04. The quantitative estimate of drug-likeness (QED) is 0.340. The largest absolute Gasteiger partial charge is 0.494 e. The summed E-state index contributed by atoms with van der Waals surface area (Å²) in [4.78, 5) is 25.8. The Labute approximate surface area is 225 Å². The second-order valence-electron chi connectivity index (χ2n) is 9.51. The fourth-order valence-electron chi connectivity index (χ4n) is 4.47. The molecule has 0 unspecified atom stereocenters. The predicted octanol–water partition coefficient (Wildman–Crippen LogP) is 5.48. The molecule has 0 radical (unpaired) electrons. The fourth-order valence-corrected chi connectivity index (χ4v) is 4.47. The van der Waals surface area contributed by atoms with Crippen molar-refractivity contribution in [2.24, 2.45) is 5.92 Å². The van der Waals surface area contributed by atoms with Crippen molar-refractivity contribution in [1.29, 1.82) is 0 Å². The van der Waals surface area contributed by atoms with Crippen LogP contribution >= 0.6 is 0 Å². The average molecular weight is 575 g/mol. The summed E-state index contributed by atoms with van der Waals surface area (Å²) in [6.07, 6.45) is -4.91. The lowest BCUT2D eigenvalue weighted by atomic mass is 10.1. The van der Waals surface area contributed by atoms with E-state index in [-0.39, 0.29) is 28.8 Å². The van der Waals surface area contributed by atoms with Gasteiger partial charge in [-0.15, -0.1) is 0 Å². The van der Waals surface area contributed by atoms with Crippen molar-refractivity contribution in [2.45, 2.75) is 57.5 Å². The number of carbonyl (C=O) groups is 1. The number of ether oxygens (including phenoxy) is 2. The first-order valence-electron chi connectivity index (χ1n) is 12.4. The Morgan fingerprint density at radius 1 is 1.12 bits per heavy atom. The van der Waals surface area contributed by atoms with Gasteiger partial charge in [0.1, 0.15) is 11.8 Å². The lowest BCUT2D eigenvalue weighted by Gasteiger charge is -2.34. The Morgan fingerprint density at radius 3 is 2.38 bits per heavy atom. The molecule has 1 aliphatic rings. The number of urea groups is 1. The molecule has 3 heterocycles. The smallest absolute Gasteiger partial charge is 0.414 e. The number of nitrogens with one attached hydrogen (secondary N) is 1. The van der Waals surface area contributed by atoms with Crippen LogP contribution in [-0.4, -0.2) is 69.4 Å². The number of nitrogens with zero attached hydrogens (tertiary/aromatic N) is 5. The number of amides is 2. The van der Waals surface area contributed by atoms with Gasteiger partial charge in [0.2, 0.25) is 5.65 Å². The highest BCUT2D eigenvalue weighted by Gasteiger charge is 2.49. The molecule has 3 aromatic rings.